The van der Waals surface area contributed by atoms with Crippen LogP contribution in [0.25, 0.3) is 0 Å². The molecule has 19 heavy (non-hydrogen) atoms. The van der Waals surface area contributed by atoms with Crippen molar-refractivity contribution in [1.29, 1.82) is 0 Å². The number of piperazine rings is 1. The van der Waals surface area contributed by atoms with Gasteiger partial charge in [-0.2, -0.15) is 0 Å². The van der Waals surface area contributed by atoms with E-state index in [2.05, 4.69) is 34.0 Å². The Morgan fingerprint density at radius 1 is 1.16 bits per heavy atom. The van der Waals surface area contributed by atoms with Crippen LogP contribution in [0.3, 0.4) is 0 Å². The van der Waals surface area contributed by atoms with E-state index in [9.17, 15) is 0 Å². The van der Waals surface area contributed by atoms with Crippen LogP contribution < -0.4 is 10.6 Å². The summed E-state index contributed by atoms with van der Waals surface area (Å²) in [5.41, 5.74) is 8.03. The molecular weight excluding hydrogens is 238 g/mol. The summed E-state index contributed by atoms with van der Waals surface area (Å²) in [6.45, 7) is 4.23. The van der Waals surface area contributed by atoms with Gasteiger partial charge < -0.3 is 20.4 Å². The van der Waals surface area contributed by atoms with Gasteiger partial charge in [0.1, 0.15) is 0 Å². The average Bonchev–Trinajstić information content (AvgIpc) is 2.40. The van der Waals surface area contributed by atoms with Crippen molar-refractivity contribution >= 4 is 17.3 Å². The Labute approximate surface area is 115 Å². The number of hydrogen-bond acceptors (Lipinski definition) is 3. The van der Waals surface area contributed by atoms with Crippen molar-refractivity contribution in [2.75, 3.05) is 52.2 Å². The summed E-state index contributed by atoms with van der Waals surface area (Å²) in [6.07, 6.45) is 0. The highest BCUT2D eigenvalue weighted by atomic mass is 15.3. The predicted molar refractivity (Wildman–Crippen MR) is 81.1 cm³/mol. The molecule has 5 heteroatoms. The minimum Gasteiger partial charge on any atom is -0.370 e. The van der Waals surface area contributed by atoms with Gasteiger partial charge in [-0.15, -0.1) is 0 Å². The lowest BCUT2D eigenvalue weighted by Gasteiger charge is -2.34. The Kier molecular flexibility index (Phi) is 4.27. The highest BCUT2D eigenvalue weighted by Gasteiger charge is 2.16. The molecule has 1 aromatic carbocycles. The van der Waals surface area contributed by atoms with Crippen LogP contribution in [0, 0.1) is 0 Å². The summed E-state index contributed by atoms with van der Waals surface area (Å²) in [7, 11) is 5.96. The summed E-state index contributed by atoms with van der Waals surface area (Å²) < 4.78 is 0. The summed E-state index contributed by atoms with van der Waals surface area (Å²) >= 11 is 0. The molecule has 0 aromatic heterocycles. The molecule has 104 valence electrons. The van der Waals surface area contributed by atoms with Crippen LogP contribution >= 0.6 is 0 Å². The molecule has 0 spiro atoms. The monoisotopic (exact) mass is 261 g/mol. The molecular formula is C14H23N5. The quantitative estimate of drug-likeness (QED) is 0.636. The fraction of sp³-hybridized carbons (Fsp3) is 0.500. The highest BCUT2D eigenvalue weighted by Crippen LogP contribution is 2.29. The van der Waals surface area contributed by atoms with E-state index in [1.807, 2.05) is 31.1 Å². The van der Waals surface area contributed by atoms with E-state index in [0.29, 0.717) is 5.96 Å². The molecule has 0 saturated carbocycles. The minimum absolute atomic E-state index is 0.529. The first-order valence-electron chi connectivity index (χ1n) is 6.62. The molecule has 2 rings (SSSR count). The Hall–Kier alpha value is -1.75. The van der Waals surface area contributed by atoms with Gasteiger partial charge in [-0.25, -0.2) is 4.99 Å². The van der Waals surface area contributed by atoms with Crippen LogP contribution in [0.5, 0.6) is 0 Å². The largest absolute Gasteiger partial charge is 0.370 e. The normalized spacial score (nSPS) is 17.6. The van der Waals surface area contributed by atoms with Crippen LogP contribution in [0.2, 0.25) is 0 Å². The topological polar surface area (TPSA) is 48.1 Å². The fourth-order valence-corrected chi connectivity index (χ4v) is 2.10. The number of aliphatic imine (C=N–C) groups is 1. The van der Waals surface area contributed by atoms with Gasteiger partial charge in [-0.1, -0.05) is 12.1 Å². The maximum Gasteiger partial charge on any atom is 0.196 e. The van der Waals surface area contributed by atoms with Crippen molar-refractivity contribution in [2.45, 2.75) is 0 Å². The molecule has 0 bridgehead atoms. The number of nitrogens with zero attached hydrogens (tertiary/aromatic N) is 4. The third-order valence-corrected chi connectivity index (χ3v) is 3.42. The lowest BCUT2D eigenvalue weighted by molar-refractivity contribution is 0.313. The van der Waals surface area contributed by atoms with E-state index in [1.54, 1.807) is 0 Å². The van der Waals surface area contributed by atoms with Crippen LogP contribution in [0.1, 0.15) is 0 Å². The Morgan fingerprint density at radius 2 is 1.79 bits per heavy atom. The lowest BCUT2D eigenvalue weighted by Crippen LogP contribution is -2.44. The smallest absolute Gasteiger partial charge is 0.196 e. The maximum atomic E-state index is 5.92. The Morgan fingerprint density at radius 3 is 2.42 bits per heavy atom. The van der Waals surface area contributed by atoms with Crippen molar-refractivity contribution in [3.63, 3.8) is 0 Å². The van der Waals surface area contributed by atoms with Crippen molar-refractivity contribution in [1.82, 2.24) is 9.80 Å². The second-order valence-electron chi connectivity index (χ2n) is 5.14. The van der Waals surface area contributed by atoms with E-state index in [1.165, 1.54) is 5.69 Å². The number of rotatable bonds is 2. The maximum absolute atomic E-state index is 5.92. The molecule has 5 nitrogen and oxygen atoms in total. The Bertz CT molecular complexity index is 447. The highest BCUT2D eigenvalue weighted by molar-refractivity contribution is 5.83. The zero-order valence-electron chi connectivity index (χ0n) is 12.0. The first-order valence-corrected chi connectivity index (χ1v) is 6.62. The zero-order valence-corrected chi connectivity index (χ0v) is 12.0. The molecule has 2 N–H and O–H groups in total. The number of hydrogen-bond donors (Lipinski definition) is 1. The molecule has 1 fully saturated rings. The van der Waals surface area contributed by atoms with Gasteiger partial charge in [0, 0.05) is 40.3 Å². The van der Waals surface area contributed by atoms with Crippen LogP contribution in [-0.4, -0.2) is 63.1 Å². The molecule has 0 radical (unpaired) electrons. The van der Waals surface area contributed by atoms with Gasteiger partial charge in [0.2, 0.25) is 0 Å². The first-order chi connectivity index (χ1) is 9.08. The van der Waals surface area contributed by atoms with Gasteiger partial charge in [-0.3, -0.25) is 0 Å². The van der Waals surface area contributed by atoms with Crippen LogP contribution in [0.15, 0.2) is 29.3 Å². The van der Waals surface area contributed by atoms with Crippen molar-refractivity contribution in [2.24, 2.45) is 10.7 Å². The van der Waals surface area contributed by atoms with Crippen molar-refractivity contribution in [3.8, 4) is 0 Å². The number of nitrogens with two attached hydrogens (primary N) is 1. The van der Waals surface area contributed by atoms with Gasteiger partial charge in [0.25, 0.3) is 0 Å². The molecule has 1 aliphatic rings. The number of likely N-dealkylation sites (N-methyl/N-ethyl adjacent to an activating group) is 1. The van der Waals surface area contributed by atoms with Crippen molar-refractivity contribution < 1.29 is 0 Å². The molecule has 1 saturated heterocycles. The molecule has 0 aliphatic carbocycles. The van der Waals surface area contributed by atoms with E-state index in [4.69, 9.17) is 5.73 Å². The summed E-state index contributed by atoms with van der Waals surface area (Å²) in [5.74, 6) is 0.529. The van der Waals surface area contributed by atoms with Crippen molar-refractivity contribution in [3.05, 3.63) is 24.3 Å². The number of anilines is 1. The molecule has 1 aliphatic heterocycles. The molecule has 1 aromatic rings. The lowest BCUT2D eigenvalue weighted by atomic mass is 10.2. The molecule has 0 unspecified atom stereocenters. The number of benzene rings is 1. The number of para-hydroxylation sites is 2. The average molecular weight is 261 g/mol. The minimum atomic E-state index is 0.529. The van der Waals surface area contributed by atoms with Gasteiger partial charge in [-0.05, 0) is 19.2 Å². The molecule has 1 heterocycles. The SMILES string of the molecule is CN1CCN(c2ccccc2N=C(N)N(C)C)CC1. The summed E-state index contributed by atoms with van der Waals surface area (Å²) in [4.78, 5) is 11.1. The standard InChI is InChI=1S/C14H23N5/c1-17(2)14(15)16-12-6-4-5-7-13(12)19-10-8-18(3)9-11-19/h4-7H,8-11H2,1-3H3,(H2,15,16). The van der Waals surface area contributed by atoms with E-state index in [0.717, 1.165) is 31.9 Å². The van der Waals surface area contributed by atoms with E-state index in [-0.39, 0.29) is 0 Å². The van der Waals surface area contributed by atoms with Gasteiger partial charge in [0.05, 0.1) is 11.4 Å². The van der Waals surface area contributed by atoms with E-state index >= 15 is 0 Å². The third-order valence-electron chi connectivity index (χ3n) is 3.42. The molecule has 0 amide bonds. The number of guanidine groups is 1. The zero-order chi connectivity index (χ0) is 13.8. The second kappa shape index (κ2) is 5.93. The first kappa shape index (κ1) is 13.7. The van der Waals surface area contributed by atoms with Gasteiger partial charge >= 0.3 is 0 Å². The second-order valence-corrected chi connectivity index (χ2v) is 5.14. The third kappa shape index (κ3) is 3.38. The summed E-state index contributed by atoms with van der Waals surface area (Å²) in [6, 6.07) is 8.19. The predicted octanol–water partition coefficient (Wildman–Crippen LogP) is 0.946. The fourth-order valence-electron chi connectivity index (χ4n) is 2.10. The Balaban J connectivity index is 2.24. The molecule has 0 atom stereocenters. The van der Waals surface area contributed by atoms with E-state index < -0.39 is 0 Å². The summed E-state index contributed by atoms with van der Waals surface area (Å²) in [5, 5.41) is 0. The van der Waals surface area contributed by atoms with Gasteiger partial charge in [0.15, 0.2) is 5.96 Å². The van der Waals surface area contributed by atoms with Crippen LogP contribution in [-0.2, 0) is 0 Å². The van der Waals surface area contributed by atoms with Crippen LogP contribution in [0.4, 0.5) is 11.4 Å².